The normalized spacial score (nSPS) is 16.5. The lowest BCUT2D eigenvalue weighted by Crippen LogP contribution is -2.40. The Bertz CT molecular complexity index is 581. The van der Waals surface area contributed by atoms with Gasteiger partial charge in [-0.1, -0.05) is 23.4 Å². The molecular formula is C16H21N3O3. The lowest BCUT2D eigenvalue weighted by Gasteiger charge is -2.30. The number of allylic oxidation sites excluding steroid dienone is 3. The molecule has 0 saturated carbocycles. The number of aromatic nitrogens is 1. The molecule has 0 aromatic carbocycles. The highest BCUT2D eigenvalue weighted by Crippen LogP contribution is 2.19. The standard InChI is InChI=1S/C16H21N3O3/c1-3-4-5-6-15(20)19-9-7-13(8-10-19)16(21)17-14-11-12(2)22-18-14/h3-6,11,13H,7-10H2,1-2H3,(H,17,18,21)/b4-3+,6-5+. The van der Waals surface area contributed by atoms with Gasteiger partial charge in [-0.15, -0.1) is 0 Å². The summed E-state index contributed by atoms with van der Waals surface area (Å²) in [6.45, 7) is 4.85. The molecule has 0 aliphatic carbocycles. The van der Waals surface area contributed by atoms with Gasteiger partial charge in [0.15, 0.2) is 5.82 Å². The van der Waals surface area contributed by atoms with Gasteiger partial charge in [-0.25, -0.2) is 0 Å². The molecule has 2 amide bonds. The third kappa shape index (κ3) is 4.31. The van der Waals surface area contributed by atoms with E-state index in [9.17, 15) is 9.59 Å². The van der Waals surface area contributed by atoms with E-state index in [1.54, 1.807) is 30.0 Å². The molecule has 0 unspecified atom stereocenters. The fraction of sp³-hybridized carbons (Fsp3) is 0.438. The quantitative estimate of drug-likeness (QED) is 0.684. The third-order valence-corrected chi connectivity index (χ3v) is 3.60. The molecule has 2 rings (SSSR count). The minimum absolute atomic E-state index is 0.0101. The van der Waals surface area contributed by atoms with Crippen molar-refractivity contribution in [1.82, 2.24) is 10.1 Å². The fourth-order valence-corrected chi connectivity index (χ4v) is 2.37. The van der Waals surface area contributed by atoms with Crippen molar-refractivity contribution in [2.24, 2.45) is 5.92 Å². The van der Waals surface area contributed by atoms with Gasteiger partial charge in [0.05, 0.1) is 0 Å². The predicted octanol–water partition coefficient (Wildman–Crippen LogP) is 2.29. The molecule has 1 aliphatic rings. The van der Waals surface area contributed by atoms with Crippen LogP contribution in [0.25, 0.3) is 0 Å². The molecule has 0 radical (unpaired) electrons. The summed E-state index contributed by atoms with van der Waals surface area (Å²) in [5.74, 6) is 0.924. The van der Waals surface area contributed by atoms with Crippen molar-refractivity contribution < 1.29 is 14.1 Å². The number of rotatable bonds is 4. The first-order valence-corrected chi connectivity index (χ1v) is 7.42. The molecule has 1 N–H and O–H groups in total. The van der Waals surface area contributed by atoms with E-state index >= 15 is 0 Å². The molecule has 1 fully saturated rings. The average Bonchev–Trinajstić information content (AvgIpc) is 2.92. The predicted molar refractivity (Wildman–Crippen MR) is 83.1 cm³/mol. The van der Waals surface area contributed by atoms with Crippen molar-refractivity contribution in [2.45, 2.75) is 26.7 Å². The molecule has 0 spiro atoms. The Kier molecular flexibility index (Phi) is 5.52. The number of nitrogens with one attached hydrogen (secondary N) is 1. The van der Waals surface area contributed by atoms with E-state index in [1.165, 1.54) is 0 Å². The first-order chi connectivity index (χ1) is 10.6. The van der Waals surface area contributed by atoms with Crippen LogP contribution in [-0.4, -0.2) is 35.0 Å². The van der Waals surface area contributed by atoms with Crippen molar-refractivity contribution in [3.05, 3.63) is 36.1 Å². The first-order valence-electron chi connectivity index (χ1n) is 7.42. The minimum atomic E-state index is -0.0967. The SMILES string of the molecule is C/C=C/C=C/C(=O)N1CCC(C(=O)Nc2cc(C)on2)CC1. The van der Waals surface area contributed by atoms with Gasteiger partial charge in [0.25, 0.3) is 0 Å². The Morgan fingerprint density at radius 3 is 2.68 bits per heavy atom. The maximum absolute atomic E-state index is 12.1. The summed E-state index contributed by atoms with van der Waals surface area (Å²) >= 11 is 0. The summed E-state index contributed by atoms with van der Waals surface area (Å²) in [6.07, 6.45) is 8.29. The molecule has 118 valence electrons. The Morgan fingerprint density at radius 2 is 2.09 bits per heavy atom. The third-order valence-electron chi connectivity index (χ3n) is 3.60. The average molecular weight is 303 g/mol. The second kappa shape index (κ2) is 7.59. The smallest absolute Gasteiger partial charge is 0.246 e. The minimum Gasteiger partial charge on any atom is -0.360 e. The number of carbonyl (C=O) groups excluding carboxylic acids is 2. The van der Waals surface area contributed by atoms with Crippen LogP contribution >= 0.6 is 0 Å². The maximum atomic E-state index is 12.1. The van der Waals surface area contributed by atoms with Crippen molar-refractivity contribution in [1.29, 1.82) is 0 Å². The largest absolute Gasteiger partial charge is 0.360 e. The lowest BCUT2D eigenvalue weighted by molar-refractivity contribution is -0.130. The topological polar surface area (TPSA) is 75.4 Å². The van der Waals surface area contributed by atoms with Gasteiger partial charge in [0, 0.05) is 31.1 Å². The Morgan fingerprint density at radius 1 is 1.36 bits per heavy atom. The zero-order valence-electron chi connectivity index (χ0n) is 12.9. The summed E-state index contributed by atoms with van der Waals surface area (Å²) in [5.41, 5.74) is 0. The highest BCUT2D eigenvalue weighted by molar-refractivity contribution is 5.92. The van der Waals surface area contributed by atoms with Crippen LogP contribution in [0.5, 0.6) is 0 Å². The van der Waals surface area contributed by atoms with Gasteiger partial charge in [0.1, 0.15) is 5.76 Å². The van der Waals surface area contributed by atoms with Crippen LogP contribution in [0, 0.1) is 12.8 Å². The number of anilines is 1. The Hall–Kier alpha value is -2.37. The van der Waals surface area contributed by atoms with Gasteiger partial charge >= 0.3 is 0 Å². The van der Waals surface area contributed by atoms with E-state index in [2.05, 4.69) is 10.5 Å². The highest BCUT2D eigenvalue weighted by atomic mass is 16.5. The van der Waals surface area contributed by atoms with E-state index in [0.717, 1.165) is 0 Å². The number of piperidine rings is 1. The summed E-state index contributed by atoms with van der Waals surface area (Å²) < 4.78 is 4.92. The molecule has 1 aromatic rings. The number of carbonyl (C=O) groups is 2. The Balaban J connectivity index is 1.81. The van der Waals surface area contributed by atoms with Crippen LogP contribution in [0.1, 0.15) is 25.5 Å². The van der Waals surface area contributed by atoms with Gasteiger partial charge in [-0.3, -0.25) is 9.59 Å². The molecule has 22 heavy (non-hydrogen) atoms. The second-order valence-electron chi connectivity index (χ2n) is 5.30. The van der Waals surface area contributed by atoms with Crippen molar-refractivity contribution in [2.75, 3.05) is 18.4 Å². The molecule has 0 atom stereocenters. The van der Waals surface area contributed by atoms with Crippen LogP contribution in [0.2, 0.25) is 0 Å². The van der Waals surface area contributed by atoms with Crippen molar-refractivity contribution in [3.63, 3.8) is 0 Å². The second-order valence-corrected chi connectivity index (χ2v) is 5.30. The van der Waals surface area contributed by atoms with Gasteiger partial charge in [-0.05, 0) is 26.7 Å². The van der Waals surface area contributed by atoms with Crippen LogP contribution in [-0.2, 0) is 9.59 Å². The summed E-state index contributed by atoms with van der Waals surface area (Å²) in [4.78, 5) is 25.8. The van der Waals surface area contributed by atoms with Crippen molar-refractivity contribution >= 4 is 17.6 Å². The maximum Gasteiger partial charge on any atom is 0.246 e. The van der Waals surface area contributed by atoms with E-state index in [0.29, 0.717) is 37.5 Å². The lowest BCUT2D eigenvalue weighted by atomic mass is 9.96. The molecular weight excluding hydrogens is 282 g/mol. The number of nitrogens with zero attached hydrogens (tertiary/aromatic N) is 2. The molecule has 0 bridgehead atoms. The van der Waals surface area contributed by atoms with Crippen molar-refractivity contribution in [3.8, 4) is 0 Å². The van der Waals surface area contributed by atoms with Crippen LogP contribution in [0.15, 0.2) is 34.9 Å². The summed E-state index contributed by atoms with van der Waals surface area (Å²) in [5, 5.41) is 6.50. The van der Waals surface area contributed by atoms with E-state index in [-0.39, 0.29) is 17.7 Å². The van der Waals surface area contributed by atoms with Gasteiger partial charge < -0.3 is 14.7 Å². The first kappa shape index (κ1) is 16.0. The van der Waals surface area contributed by atoms with E-state index < -0.39 is 0 Å². The summed E-state index contributed by atoms with van der Waals surface area (Å²) in [6, 6.07) is 1.68. The number of aryl methyl sites for hydroxylation is 1. The number of likely N-dealkylation sites (tertiary alicyclic amines) is 1. The monoisotopic (exact) mass is 303 g/mol. The van der Waals surface area contributed by atoms with E-state index in [1.807, 2.05) is 19.1 Å². The zero-order chi connectivity index (χ0) is 15.9. The molecule has 1 aromatic heterocycles. The number of hydrogen-bond acceptors (Lipinski definition) is 4. The molecule has 6 nitrogen and oxygen atoms in total. The molecule has 2 heterocycles. The fourth-order valence-electron chi connectivity index (χ4n) is 2.37. The number of amides is 2. The van der Waals surface area contributed by atoms with Gasteiger partial charge in [0.2, 0.25) is 11.8 Å². The summed E-state index contributed by atoms with van der Waals surface area (Å²) in [7, 11) is 0. The zero-order valence-corrected chi connectivity index (χ0v) is 12.9. The van der Waals surface area contributed by atoms with Crippen LogP contribution in [0.4, 0.5) is 5.82 Å². The Labute approximate surface area is 129 Å². The van der Waals surface area contributed by atoms with Crippen LogP contribution < -0.4 is 5.32 Å². The highest BCUT2D eigenvalue weighted by Gasteiger charge is 2.26. The molecule has 1 aliphatic heterocycles. The molecule has 6 heteroatoms. The van der Waals surface area contributed by atoms with Gasteiger partial charge in [-0.2, -0.15) is 0 Å². The van der Waals surface area contributed by atoms with E-state index in [4.69, 9.17) is 4.52 Å². The van der Waals surface area contributed by atoms with Crippen LogP contribution in [0.3, 0.4) is 0 Å². The number of hydrogen-bond donors (Lipinski definition) is 1. The molecule has 1 saturated heterocycles.